The third kappa shape index (κ3) is 3.75. The maximum atomic E-state index is 12.5. The topological polar surface area (TPSA) is 62.3 Å². The summed E-state index contributed by atoms with van der Waals surface area (Å²) in [5, 5.41) is 0. The van der Waals surface area contributed by atoms with E-state index < -0.39 is 10.0 Å². The SMILES string of the molecule is CN(C)c1ccncc1NS(=O)(=O)c1cc(Br)ccc1Br. The van der Waals surface area contributed by atoms with E-state index in [-0.39, 0.29) is 4.90 Å². The van der Waals surface area contributed by atoms with Crippen molar-refractivity contribution in [3.05, 3.63) is 45.6 Å². The Kier molecular flexibility index (Phi) is 4.90. The Balaban J connectivity index is 2.45. The summed E-state index contributed by atoms with van der Waals surface area (Å²) in [6.45, 7) is 0. The highest BCUT2D eigenvalue weighted by molar-refractivity contribution is 9.11. The maximum Gasteiger partial charge on any atom is 0.263 e. The normalized spacial score (nSPS) is 11.2. The van der Waals surface area contributed by atoms with Gasteiger partial charge in [0, 0.05) is 29.2 Å². The zero-order valence-corrected chi connectivity index (χ0v) is 15.3. The maximum absolute atomic E-state index is 12.5. The van der Waals surface area contributed by atoms with E-state index in [9.17, 15) is 8.42 Å². The molecular weight excluding hydrogens is 422 g/mol. The molecule has 0 saturated heterocycles. The van der Waals surface area contributed by atoms with Crippen LogP contribution in [-0.2, 0) is 10.0 Å². The number of hydrogen-bond acceptors (Lipinski definition) is 4. The molecule has 1 heterocycles. The molecule has 0 fully saturated rings. The van der Waals surface area contributed by atoms with Crippen LogP contribution in [-0.4, -0.2) is 27.5 Å². The molecular formula is C13H13Br2N3O2S. The minimum absolute atomic E-state index is 0.158. The average Bonchev–Trinajstić information content (AvgIpc) is 2.41. The second-order valence-electron chi connectivity index (χ2n) is 4.47. The van der Waals surface area contributed by atoms with E-state index in [4.69, 9.17) is 0 Å². The Bertz CT molecular complexity index is 764. The highest BCUT2D eigenvalue weighted by Gasteiger charge is 2.20. The van der Waals surface area contributed by atoms with Gasteiger partial charge in [-0.1, -0.05) is 15.9 Å². The summed E-state index contributed by atoms with van der Waals surface area (Å²) >= 11 is 6.54. The van der Waals surface area contributed by atoms with E-state index >= 15 is 0 Å². The molecule has 0 aliphatic carbocycles. The molecule has 2 aromatic rings. The second-order valence-corrected chi connectivity index (χ2v) is 7.89. The highest BCUT2D eigenvalue weighted by atomic mass is 79.9. The van der Waals surface area contributed by atoms with E-state index in [0.29, 0.717) is 14.6 Å². The zero-order chi connectivity index (χ0) is 15.6. The number of pyridine rings is 1. The summed E-state index contributed by atoms with van der Waals surface area (Å²) in [7, 11) is -0.0451. The predicted molar refractivity (Wildman–Crippen MR) is 91.2 cm³/mol. The van der Waals surface area contributed by atoms with Gasteiger partial charge in [0.2, 0.25) is 0 Å². The summed E-state index contributed by atoms with van der Waals surface area (Å²) in [4.78, 5) is 5.94. The Morgan fingerprint density at radius 1 is 1.19 bits per heavy atom. The van der Waals surface area contributed by atoms with Gasteiger partial charge in [0.15, 0.2) is 0 Å². The first-order chi connectivity index (χ1) is 9.81. The van der Waals surface area contributed by atoms with Gasteiger partial charge in [-0.25, -0.2) is 8.42 Å². The number of sulfonamides is 1. The van der Waals surface area contributed by atoms with Crippen molar-refractivity contribution in [1.82, 2.24) is 4.98 Å². The predicted octanol–water partition coefficient (Wildman–Crippen LogP) is 3.47. The molecule has 21 heavy (non-hydrogen) atoms. The first kappa shape index (κ1) is 16.3. The van der Waals surface area contributed by atoms with Crippen LogP contribution in [0.5, 0.6) is 0 Å². The van der Waals surface area contributed by atoms with Gasteiger partial charge in [-0.3, -0.25) is 9.71 Å². The standard InChI is InChI=1S/C13H13Br2N3O2S/c1-18(2)12-5-6-16-8-11(12)17-21(19,20)13-7-9(14)3-4-10(13)15/h3-8,17H,1-2H3. The van der Waals surface area contributed by atoms with E-state index in [1.165, 1.54) is 12.3 Å². The van der Waals surface area contributed by atoms with Gasteiger partial charge < -0.3 is 4.90 Å². The molecule has 1 aromatic carbocycles. The Labute approximate surface area is 140 Å². The molecule has 1 N–H and O–H groups in total. The van der Waals surface area contributed by atoms with Crippen molar-refractivity contribution >= 4 is 53.3 Å². The second kappa shape index (κ2) is 6.33. The van der Waals surface area contributed by atoms with Crippen molar-refractivity contribution in [2.45, 2.75) is 4.90 Å². The van der Waals surface area contributed by atoms with E-state index in [0.717, 1.165) is 5.69 Å². The van der Waals surface area contributed by atoms with E-state index in [1.807, 2.05) is 19.0 Å². The Morgan fingerprint density at radius 2 is 1.90 bits per heavy atom. The lowest BCUT2D eigenvalue weighted by molar-refractivity contribution is 0.600. The summed E-state index contributed by atoms with van der Waals surface area (Å²) < 4.78 is 28.8. The van der Waals surface area contributed by atoms with Gasteiger partial charge in [-0.2, -0.15) is 0 Å². The summed E-state index contributed by atoms with van der Waals surface area (Å²) in [6.07, 6.45) is 3.10. The van der Waals surface area contributed by atoms with Crippen molar-refractivity contribution in [2.24, 2.45) is 0 Å². The Hall–Kier alpha value is -1.12. The summed E-state index contributed by atoms with van der Waals surface area (Å²) in [5.74, 6) is 0. The Morgan fingerprint density at radius 3 is 2.57 bits per heavy atom. The number of rotatable bonds is 4. The van der Waals surface area contributed by atoms with Gasteiger partial charge >= 0.3 is 0 Å². The van der Waals surface area contributed by atoms with Crippen molar-refractivity contribution in [2.75, 3.05) is 23.7 Å². The van der Waals surface area contributed by atoms with Crippen molar-refractivity contribution in [3.8, 4) is 0 Å². The number of hydrogen-bond donors (Lipinski definition) is 1. The third-order valence-electron chi connectivity index (χ3n) is 2.71. The molecule has 112 valence electrons. The minimum atomic E-state index is -3.72. The van der Waals surface area contributed by atoms with Crippen LogP contribution in [0.25, 0.3) is 0 Å². The molecule has 5 nitrogen and oxygen atoms in total. The van der Waals surface area contributed by atoms with Crippen LogP contribution in [0.4, 0.5) is 11.4 Å². The number of benzene rings is 1. The van der Waals surface area contributed by atoms with Crippen LogP contribution >= 0.6 is 31.9 Å². The first-order valence-electron chi connectivity index (χ1n) is 5.90. The van der Waals surface area contributed by atoms with Gasteiger partial charge in [0.1, 0.15) is 4.90 Å². The van der Waals surface area contributed by atoms with Gasteiger partial charge in [0.25, 0.3) is 10.0 Å². The van der Waals surface area contributed by atoms with Crippen molar-refractivity contribution < 1.29 is 8.42 Å². The molecule has 1 aromatic heterocycles. The molecule has 0 aliphatic rings. The lowest BCUT2D eigenvalue weighted by atomic mass is 10.3. The molecule has 0 spiro atoms. The van der Waals surface area contributed by atoms with Crippen molar-refractivity contribution in [3.63, 3.8) is 0 Å². The molecule has 0 aliphatic heterocycles. The lowest BCUT2D eigenvalue weighted by Crippen LogP contribution is -2.17. The van der Waals surface area contributed by atoms with E-state index in [2.05, 4.69) is 41.6 Å². The fourth-order valence-electron chi connectivity index (χ4n) is 1.74. The number of halogens is 2. The lowest BCUT2D eigenvalue weighted by Gasteiger charge is -2.18. The summed E-state index contributed by atoms with van der Waals surface area (Å²) in [6, 6.07) is 6.72. The van der Waals surface area contributed by atoms with Gasteiger partial charge in [-0.15, -0.1) is 0 Å². The van der Waals surface area contributed by atoms with Crippen LogP contribution in [0.2, 0.25) is 0 Å². The van der Waals surface area contributed by atoms with Crippen LogP contribution in [0.1, 0.15) is 0 Å². The van der Waals surface area contributed by atoms with Gasteiger partial charge in [-0.05, 0) is 40.2 Å². The zero-order valence-electron chi connectivity index (χ0n) is 11.3. The van der Waals surface area contributed by atoms with Crippen LogP contribution in [0.3, 0.4) is 0 Å². The first-order valence-corrected chi connectivity index (χ1v) is 8.97. The molecule has 0 saturated carbocycles. The van der Waals surface area contributed by atoms with Crippen LogP contribution in [0.15, 0.2) is 50.5 Å². The number of nitrogens with zero attached hydrogens (tertiary/aromatic N) is 2. The number of aromatic nitrogens is 1. The fraction of sp³-hybridized carbons (Fsp3) is 0.154. The largest absolute Gasteiger partial charge is 0.376 e. The molecule has 0 amide bonds. The monoisotopic (exact) mass is 433 g/mol. The molecule has 8 heteroatoms. The highest BCUT2D eigenvalue weighted by Crippen LogP contribution is 2.30. The molecule has 0 bridgehead atoms. The average molecular weight is 435 g/mol. The molecule has 0 atom stereocenters. The van der Waals surface area contributed by atoms with Gasteiger partial charge in [0.05, 0.1) is 17.6 Å². The smallest absolute Gasteiger partial charge is 0.263 e. The van der Waals surface area contributed by atoms with Crippen molar-refractivity contribution in [1.29, 1.82) is 0 Å². The summed E-state index contributed by atoms with van der Waals surface area (Å²) in [5.41, 5.74) is 1.16. The number of nitrogens with one attached hydrogen (secondary N) is 1. The molecule has 0 radical (unpaired) electrons. The molecule has 0 unspecified atom stereocenters. The van der Waals surface area contributed by atoms with Crippen LogP contribution < -0.4 is 9.62 Å². The number of anilines is 2. The third-order valence-corrected chi connectivity index (χ3v) is 5.56. The van der Waals surface area contributed by atoms with E-state index in [1.54, 1.807) is 24.4 Å². The quantitative estimate of drug-likeness (QED) is 0.800. The minimum Gasteiger partial charge on any atom is -0.376 e. The van der Waals surface area contributed by atoms with Crippen LogP contribution in [0, 0.1) is 0 Å². The molecule has 2 rings (SSSR count). The fourth-order valence-corrected chi connectivity index (χ4v) is 4.30.